The number of para-hydroxylation sites is 1. The highest BCUT2D eigenvalue weighted by Crippen LogP contribution is 2.28. The molecule has 2 aromatic carbocycles. The van der Waals surface area contributed by atoms with Crippen LogP contribution in [0.5, 0.6) is 5.75 Å². The first-order valence-electron chi connectivity index (χ1n) is 9.72. The Kier molecular flexibility index (Phi) is 5.34. The number of fused-ring (bicyclic) bond motifs is 1. The van der Waals surface area contributed by atoms with E-state index in [1.165, 1.54) is 20.2 Å². The number of ether oxygens (including phenoxy) is 1. The molecule has 1 unspecified atom stereocenters. The fraction of sp³-hybridized carbons (Fsp3) is 0.167. The van der Waals surface area contributed by atoms with Gasteiger partial charge < -0.3 is 20.0 Å². The molecule has 0 spiro atoms. The second-order valence-corrected chi connectivity index (χ2v) is 7.30. The van der Waals surface area contributed by atoms with E-state index in [0.29, 0.717) is 39.4 Å². The molecule has 4 rings (SSSR count). The standard InChI is InChI=1S/C24H20N4O4/c1-14-13-26-23(32-14)24(2,30)11-10-15-6-4-7-16(12-15)22-27-19-17(20(28-22)21(25)29)8-5-9-18(19)31-3/h4-9,12-13,30H,1-3H3,(H2,25,29). The molecule has 0 fully saturated rings. The largest absolute Gasteiger partial charge is 0.494 e. The summed E-state index contributed by atoms with van der Waals surface area (Å²) in [7, 11) is 1.53. The molecule has 160 valence electrons. The molecule has 0 bridgehead atoms. The van der Waals surface area contributed by atoms with E-state index in [4.69, 9.17) is 14.9 Å². The molecule has 1 amide bonds. The van der Waals surface area contributed by atoms with Crippen molar-refractivity contribution in [3.8, 4) is 29.0 Å². The van der Waals surface area contributed by atoms with Gasteiger partial charge in [0.05, 0.1) is 13.3 Å². The predicted octanol–water partition coefficient (Wildman–Crippen LogP) is 2.96. The summed E-state index contributed by atoms with van der Waals surface area (Å²) in [4.78, 5) is 25.1. The van der Waals surface area contributed by atoms with Crippen LogP contribution in [0.4, 0.5) is 0 Å². The van der Waals surface area contributed by atoms with Crippen LogP contribution in [0.3, 0.4) is 0 Å². The Balaban J connectivity index is 1.78. The van der Waals surface area contributed by atoms with Gasteiger partial charge in [0.15, 0.2) is 11.4 Å². The third-order valence-electron chi connectivity index (χ3n) is 4.75. The van der Waals surface area contributed by atoms with Crippen molar-refractivity contribution in [1.82, 2.24) is 15.0 Å². The van der Waals surface area contributed by atoms with E-state index >= 15 is 0 Å². The lowest BCUT2D eigenvalue weighted by atomic mass is 10.1. The number of rotatable bonds is 4. The van der Waals surface area contributed by atoms with Crippen molar-refractivity contribution in [2.24, 2.45) is 5.73 Å². The number of aryl methyl sites for hydroxylation is 1. The molecule has 2 heterocycles. The highest BCUT2D eigenvalue weighted by Gasteiger charge is 2.26. The van der Waals surface area contributed by atoms with Gasteiger partial charge in [-0.1, -0.05) is 36.1 Å². The van der Waals surface area contributed by atoms with E-state index < -0.39 is 11.5 Å². The van der Waals surface area contributed by atoms with E-state index in [9.17, 15) is 9.90 Å². The first kappa shape index (κ1) is 21.0. The van der Waals surface area contributed by atoms with Gasteiger partial charge in [0.25, 0.3) is 5.91 Å². The summed E-state index contributed by atoms with van der Waals surface area (Å²) in [5, 5.41) is 11.1. The third-order valence-corrected chi connectivity index (χ3v) is 4.75. The van der Waals surface area contributed by atoms with Crippen LogP contribution in [0.1, 0.15) is 34.6 Å². The summed E-state index contributed by atoms with van der Waals surface area (Å²) in [5.74, 6) is 6.54. The zero-order valence-corrected chi connectivity index (χ0v) is 17.7. The second-order valence-electron chi connectivity index (χ2n) is 7.30. The Bertz CT molecular complexity index is 1400. The van der Waals surface area contributed by atoms with E-state index in [2.05, 4.69) is 26.8 Å². The normalized spacial score (nSPS) is 12.6. The average Bonchev–Trinajstić information content (AvgIpc) is 3.24. The third kappa shape index (κ3) is 4.02. The predicted molar refractivity (Wildman–Crippen MR) is 118 cm³/mol. The smallest absolute Gasteiger partial charge is 0.268 e. The molecule has 0 aliphatic carbocycles. The van der Waals surface area contributed by atoms with Crippen LogP contribution in [0.25, 0.3) is 22.3 Å². The number of nitrogens with two attached hydrogens (primary N) is 1. The minimum atomic E-state index is -1.56. The van der Waals surface area contributed by atoms with Gasteiger partial charge in [-0.25, -0.2) is 15.0 Å². The molecule has 32 heavy (non-hydrogen) atoms. The summed E-state index contributed by atoms with van der Waals surface area (Å²) in [6.07, 6.45) is 1.52. The van der Waals surface area contributed by atoms with Gasteiger partial charge in [-0.15, -0.1) is 0 Å². The number of hydrogen-bond donors (Lipinski definition) is 2. The van der Waals surface area contributed by atoms with Gasteiger partial charge in [0.2, 0.25) is 5.89 Å². The van der Waals surface area contributed by atoms with Crippen LogP contribution >= 0.6 is 0 Å². The molecular weight excluding hydrogens is 408 g/mol. The fourth-order valence-electron chi connectivity index (χ4n) is 3.17. The molecular formula is C24H20N4O4. The SMILES string of the molecule is COc1cccc2c(C(N)=O)nc(-c3cccc(C#CC(C)(O)c4ncc(C)o4)c3)nc12. The monoisotopic (exact) mass is 428 g/mol. The van der Waals surface area contributed by atoms with E-state index in [1.807, 2.05) is 0 Å². The molecule has 2 aromatic heterocycles. The molecule has 8 heteroatoms. The highest BCUT2D eigenvalue weighted by molar-refractivity contribution is 6.05. The van der Waals surface area contributed by atoms with Gasteiger partial charge in [-0.3, -0.25) is 4.79 Å². The Hall–Kier alpha value is -4.22. The van der Waals surface area contributed by atoms with Gasteiger partial charge >= 0.3 is 0 Å². The summed E-state index contributed by atoms with van der Waals surface area (Å²) < 4.78 is 10.8. The van der Waals surface area contributed by atoms with Crippen molar-refractivity contribution >= 4 is 16.8 Å². The first-order valence-corrected chi connectivity index (χ1v) is 9.72. The number of aliphatic hydroxyl groups is 1. The lowest BCUT2D eigenvalue weighted by Crippen LogP contribution is -2.18. The van der Waals surface area contributed by atoms with Crippen LogP contribution in [-0.4, -0.2) is 33.1 Å². The summed E-state index contributed by atoms with van der Waals surface area (Å²) in [6, 6.07) is 12.3. The number of aromatic nitrogens is 3. The van der Waals surface area contributed by atoms with E-state index in [-0.39, 0.29) is 11.6 Å². The number of amides is 1. The average molecular weight is 428 g/mol. The number of oxazole rings is 1. The van der Waals surface area contributed by atoms with Crippen molar-refractivity contribution in [2.75, 3.05) is 7.11 Å². The lowest BCUT2D eigenvalue weighted by Gasteiger charge is -2.11. The number of carbonyl (C=O) groups is 1. The quantitative estimate of drug-likeness (QED) is 0.479. The highest BCUT2D eigenvalue weighted by atomic mass is 16.5. The number of methoxy groups -OCH3 is 1. The molecule has 0 radical (unpaired) electrons. The van der Waals surface area contributed by atoms with Crippen molar-refractivity contribution in [3.63, 3.8) is 0 Å². The van der Waals surface area contributed by atoms with Crippen LogP contribution in [-0.2, 0) is 5.60 Å². The number of hydrogen-bond acceptors (Lipinski definition) is 7. The Morgan fingerprint density at radius 1 is 1.22 bits per heavy atom. The first-order chi connectivity index (χ1) is 15.3. The molecule has 4 aromatic rings. The number of primary amides is 1. The van der Waals surface area contributed by atoms with Crippen molar-refractivity contribution < 1.29 is 19.1 Å². The molecule has 1 atom stereocenters. The zero-order chi connectivity index (χ0) is 22.9. The Labute approximate surface area is 184 Å². The minimum Gasteiger partial charge on any atom is -0.494 e. The van der Waals surface area contributed by atoms with Crippen molar-refractivity contribution in [2.45, 2.75) is 19.4 Å². The van der Waals surface area contributed by atoms with Crippen LogP contribution < -0.4 is 10.5 Å². The summed E-state index contributed by atoms with van der Waals surface area (Å²) in [5.41, 5.74) is 5.82. The number of benzene rings is 2. The molecule has 0 aliphatic heterocycles. The van der Waals surface area contributed by atoms with Crippen LogP contribution in [0, 0.1) is 18.8 Å². The van der Waals surface area contributed by atoms with E-state index in [0.717, 1.165) is 0 Å². The van der Waals surface area contributed by atoms with Gasteiger partial charge in [-0.05, 0) is 32.0 Å². The Morgan fingerprint density at radius 3 is 2.69 bits per heavy atom. The van der Waals surface area contributed by atoms with E-state index in [1.54, 1.807) is 49.4 Å². The molecule has 0 saturated heterocycles. The fourth-order valence-corrected chi connectivity index (χ4v) is 3.17. The molecule has 0 saturated carbocycles. The maximum atomic E-state index is 12.0. The Morgan fingerprint density at radius 2 is 2.00 bits per heavy atom. The van der Waals surface area contributed by atoms with Crippen LogP contribution in [0.15, 0.2) is 53.1 Å². The molecule has 0 aliphatic rings. The zero-order valence-electron chi connectivity index (χ0n) is 17.7. The lowest BCUT2D eigenvalue weighted by molar-refractivity contribution is 0.0882. The topological polar surface area (TPSA) is 124 Å². The van der Waals surface area contributed by atoms with Gasteiger partial charge in [-0.2, -0.15) is 0 Å². The number of carbonyl (C=O) groups excluding carboxylic acids is 1. The van der Waals surface area contributed by atoms with Gasteiger partial charge in [0.1, 0.15) is 22.7 Å². The maximum absolute atomic E-state index is 12.0. The molecule has 8 nitrogen and oxygen atoms in total. The van der Waals surface area contributed by atoms with Crippen molar-refractivity contribution in [3.05, 3.63) is 71.6 Å². The summed E-state index contributed by atoms with van der Waals surface area (Å²) in [6.45, 7) is 3.25. The molecule has 3 N–H and O–H groups in total. The summed E-state index contributed by atoms with van der Waals surface area (Å²) >= 11 is 0. The van der Waals surface area contributed by atoms with Crippen molar-refractivity contribution in [1.29, 1.82) is 0 Å². The number of nitrogens with zero attached hydrogens (tertiary/aromatic N) is 3. The maximum Gasteiger partial charge on any atom is 0.268 e. The minimum absolute atomic E-state index is 0.0996. The second kappa shape index (κ2) is 8.13. The van der Waals surface area contributed by atoms with Crippen LogP contribution in [0.2, 0.25) is 0 Å². The van der Waals surface area contributed by atoms with Gasteiger partial charge in [0, 0.05) is 16.5 Å².